The number of hydrogen-bond acceptors (Lipinski definition) is 5. The molecule has 10 heteroatoms. The molecule has 1 heterocycles. The lowest BCUT2D eigenvalue weighted by Gasteiger charge is -2.25. The molecule has 1 amide bonds. The van der Waals surface area contributed by atoms with E-state index in [1.807, 2.05) is 0 Å². The van der Waals surface area contributed by atoms with E-state index in [9.17, 15) is 23.6 Å². The van der Waals surface area contributed by atoms with Gasteiger partial charge in [-0.15, -0.1) is 0 Å². The molecule has 0 unspecified atom stereocenters. The summed E-state index contributed by atoms with van der Waals surface area (Å²) in [5.74, 6) is -1.99. The van der Waals surface area contributed by atoms with Gasteiger partial charge in [0.2, 0.25) is 0 Å². The molecule has 2 aromatic carbocycles. The molecule has 1 aromatic heterocycles. The molecule has 3 rings (SSSR count). The zero-order valence-corrected chi connectivity index (χ0v) is 17.2. The molecule has 3 aromatic rings. The monoisotopic (exact) mass is 429 g/mol. The van der Waals surface area contributed by atoms with Crippen molar-refractivity contribution in [2.45, 2.75) is 26.4 Å². The van der Waals surface area contributed by atoms with Crippen LogP contribution in [0.15, 0.2) is 46.0 Å². The zero-order valence-electron chi connectivity index (χ0n) is 17.2. The number of carboxylic acids is 1. The zero-order chi connectivity index (χ0) is 23.1. The number of aromatic carboxylic acids is 1. The molecule has 2 N–H and O–H groups in total. The number of H-pyrrole nitrogens is 1. The van der Waals surface area contributed by atoms with Crippen LogP contribution in [-0.2, 0) is 4.74 Å². The van der Waals surface area contributed by atoms with Crippen LogP contribution in [0.4, 0.5) is 14.9 Å². The highest BCUT2D eigenvalue weighted by atomic mass is 19.1. The third kappa shape index (κ3) is 4.32. The van der Waals surface area contributed by atoms with Crippen LogP contribution in [0.25, 0.3) is 16.6 Å². The number of aromatic nitrogens is 2. The van der Waals surface area contributed by atoms with Crippen LogP contribution >= 0.6 is 0 Å². The summed E-state index contributed by atoms with van der Waals surface area (Å²) in [5, 5.41) is 8.96. The van der Waals surface area contributed by atoms with E-state index in [2.05, 4.69) is 4.98 Å². The van der Waals surface area contributed by atoms with E-state index in [1.54, 1.807) is 20.8 Å². The number of carbonyl (C=O) groups is 2. The SMILES string of the molecule is CN(C(=O)OC(C)(C)C)c1cc2c(=O)n(-c3ccc(C(=O)O)cc3)c(=O)[nH]c2cc1F. The Hall–Kier alpha value is -3.95. The van der Waals surface area contributed by atoms with Gasteiger partial charge in [-0.2, -0.15) is 0 Å². The summed E-state index contributed by atoms with van der Waals surface area (Å²) >= 11 is 0. The standard InChI is InChI=1S/C21H20FN3O6/c1-21(2,3)31-20(30)24(4)16-9-13-15(10-14(16)22)23-19(29)25(17(13)26)12-7-5-11(6-8-12)18(27)28/h5-10H,1-4H3,(H,23,29)(H,27,28). The highest BCUT2D eigenvalue weighted by molar-refractivity contribution is 5.91. The maximum Gasteiger partial charge on any atom is 0.414 e. The smallest absolute Gasteiger partial charge is 0.414 e. The second kappa shape index (κ2) is 7.71. The summed E-state index contributed by atoms with van der Waals surface area (Å²) in [6, 6.07) is 7.22. The third-order valence-corrected chi connectivity index (χ3v) is 4.37. The number of carbonyl (C=O) groups excluding carboxylic acids is 1. The number of aromatic amines is 1. The van der Waals surface area contributed by atoms with Crippen molar-refractivity contribution in [2.75, 3.05) is 11.9 Å². The van der Waals surface area contributed by atoms with Gasteiger partial charge in [0.15, 0.2) is 0 Å². The molecule has 0 atom stereocenters. The Bertz CT molecular complexity index is 1300. The maximum absolute atomic E-state index is 14.6. The number of benzene rings is 2. The lowest BCUT2D eigenvalue weighted by atomic mass is 10.2. The minimum absolute atomic E-state index is 0.0163. The van der Waals surface area contributed by atoms with E-state index in [0.29, 0.717) is 0 Å². The van der Waals surface area contributed by atoms with Gasteiger partial charge in [-0.25, -0.2) is 23.3 Å². The molecular formula is C21H20FN3O6. The van der Waals surface area contributed by atoms with E-state index in [4.69, 9.17) is 9.84 Å². The number of hydrogen-bond donors (Lipinski definition) is 2. The van der Waals surface area contributed by atoms with Crippen molar-refractivity contribution in [3.05, 3.63) is 68.6 Å². The normalized spacial score (nSPS) is 11.4. The predicted molar refractivity (Wildman–Crippen MR) is 112 cm³/mol. The molecule has 0 aliphatic carbocycles. The van der Waals surface area contributed by atoms with Crippen LogP contribution in [-0.4, -0.2) is 39.4 Å². The lowest BCUT2D eigenvalue weighted by molar-refractivity contribution is 0.0587. The second-order valence-corrected chi connectivity index (χ2v) is 7.81. The van der Waals surface area contributed by atoms with Gasteiger partial charge in [-0.1, -0.05) is 0 Å². The van der Waals surface area contributed by atoms with Crippen molar-refractivity contribution < 1.29 is 23.8 Å². The van der Waals surface area contributed by atoms with E-state index in [-0.39, 0.29) is 27.8 Å². The molecule has 0 saturated heterocycles. The van der Waals surface area contributed by atoms with E-state index >= 15 is 0 Å². The molecule has 0 saturated carbocycles. The number of amides is 1. The molecular weight excluding hydrogens is 409 g/mol. The Balaban J connectivity index is 2.15. The topological polar surface area (TPSA) is 122 Å². The number of fused-ring (bicyclic) bond motifs is 1. The van der Waals surface area contributed by atoms with Crippen molar-refractivity contribution in [3.63, 3.8) is 0 Å². The average molecular weight is 429 g/mol. The quantitative estimate of drug-likeness (QED) is 0.660. The van der Waals surface area contributed by atoms with E-state index in [0.717, 1.165) is 21.6 Å². The summed E-state index contributed by atoms with van der Waals surface area (Å²) in [4.78, 5) is 52.2. The highest BCUT2D eigenvalue weighted by Crippen LogP contribution is 2.24. The Morgan fingerprint density at radius 2 is 1.74 bits per heavy atom. The molecule has 31 heavy (non-hydrogen) atoms. The Labute approximate surface area is 175 Å². The molecule has 162 valence electrons. The van der Waals surface area contributed by atoms with Crippen molar-refractivity contribution in [1.29, 1.82) is 0 Å². The Morgan fingerprint density at radius 3 is 2.29 bits per heavy atom. The van der Waals surface area contributed by atoms with Gasteiger partial charge in [-0.05, 0) is 51.1 Å². The fourth-order valence-electron chi connectivity index (χ4n) is 2.90. The molecule has 0 aliphatic rings. The molecule has 0 spiro atoms. The highest BCUT2D eigenvalue weighted by Gasteiger charge is 2.24. The lowest BCUT2D eigenvalue weighted by Crippen LogP contribution is -2.35. The largest absolute Gasteiger partial charge is 0.478 e. The molecule has 0 bridgehead atoms. The number of ether oxygens (including phenoxy) is 1. The van der Waals surface area contributed by atoms with Crippen molar-refractivity contribution in [3.8, 4) is 5.69 Å². The minimum Gasteiger partial charge on any atom is -0.478 e. The van der Waals surface area contributed by atoms with Crippen LogP contribution in [0.5, 0.6) is 0 Å². The number of anilines is 1. The number of halogens is 1. The molecule has 0 radical (unpaired) electrons. The van der Waals surface area contributed by atoms with Gasteiger partial charge in [0, 0.05) is 13.1 Å². The average Bonchev–Trinajstić information content (AvgIpc) is 2.66. The first-order valence-electron chi connectivity index (χ1n) is 9.18. The summed E-state index contributed by atoms with van der Waals surface area (Å²) in [6.07, 6.45) is -0.820. The van der Waals surface area contributed by atoms with Crippen LogP contribution in [0.3, 0.4) is 0 Å². The van der Waals surface area contributed by atoms with Gasteiger partial charge in [-0.3, -0.25) is 9.69 Å². The van der Waals surface area contributed by atoms with Gasteiger partial charge >= 0.3 is 17.8 Å². The Kier molecular flexibility index (Phi) is 5.41. The first kappa shape index (κ1) is 21.8. The number of nitrogens with one attached hydrogen (secondary N) is 1. The first-order chi connectivity index (χ1) is 14.4. The van der Waals surface area contributed by atoms with Crippen molar-refractivity contribution in [2.24, 2.45) is 0 Å². The summed E-state index contributed by atoms with van der Waals surface area (Å²) < 4.78 is 20.7. The molecule has 0 fully saturated rings. The van der Waals surface area contributed by atoms with E-state index < -0.39 is 34.7 Å². The Morgan fingerprint density at radius 1 is 1.13 bits per heavy atom. The first-order valence-corrected chi connectivity index (χ1v) is 9.18. The number of carboxylic acid groups (broad SMARTS) is 1. The number of nitrogens with zero attached hydrogens (tertiary/aromatic N) is 2. The fraction of sp³-hybridized carbons (Fsp3) is 0.238. The summed E-state index contributed by atoms with van der Waals surface area (Å²) in [5.41, 5.74) is -2.54. The minimum atomic E-state index is -1.16. The van der Waals surface area contributed by atoms with Crippen LogP contribution < -0.4 is 16.1 Å². The van der Waals surface area contributed by atoms with Crippen molar-refractivity contribution in [1.82, 2.24) is 9.55 Å². The van der Waals surface area contributed by atoms with Crippen LogP contribution in [0.2, 0.25) is 0 Å². The van der Waals surface area contributed by atoms with Gasteiger partial charge in [0.05, 0.1) is 27.8 Å². The van der Waals surface area contributed by atoms with Crippen LogP contribution in [0.1, 0.15) is 31.1 Å². The second-order valence-electron chi connectivity index (χ2n) is 7.81. The van der Waals surface area contributed by atoms with Gasteiger partial charge in [0.1, 0.15) is 11.4 Å². The summed E-state index contributed by atoms with van der Waals surface area (Å²) in [6.45, 7) is 4.98. The molecule has 0 aliphatic heterocycles. The fourth-order valence-corrected chi connectivity index (χ4v) is 2.90. The third-order valence-electron chi connectivity index (χ3n) is 4.37. The van der Waals surface area contributed by atoms with Crippen LogP contribution in [0, 0.1) is 5.82 Å². The van der Waals surface area contributed by atoms with Gasteiger partial charge in [0.25, 0.3) is 5.56 Å². The molecule has 9 nitrogen and oxygen atoms in total. The van der Waals surface area contributed by atoms with Gasteiger partial charge < -0.3 is 14.8 Å². The summed E-state index contributed by atoms with van der Waals surface area (Å²) in [7, 11) is 1.30. The maximum atomic E-state index is 14.6. The predicted octanol–water partition coefficient (Wildman–Crippen LogP) is 2.89. The number of rotatable bonds is 3. The van der Waals surface area contributed by atoms with E-state index in [1.165, 1.54) is 31.3 Å². The van der Waals surface area contributed by atoms with Crippen molar-refractivity contribution >= 4 is 28.7 Å².